The van der Waals surface area contributed by atoms with Crippen molar-refractivity contribution in [3.05, 3.63) is 66.2 Å². The Morgan fingerprint density at radius 2 is 1.61 bits per heavy atom. The monoisotopic (exact) mass is 331 g/mol. The lowest BCUT2D eigenvalue weighted by atomic mass is 10.2. The fourth-order valence-electron chi connectivity index (χ4n) is 2.09. The number of rotatable bonds is 7. The number of para-hydroxylation sites is 1. The number of aliphatic imine (C=N–C) groups is 1. The van der Waals surface area contributed by atoms with Gasteiger partial charge in [-0.2, -0.15) is 0 Å². The fourth-order valence-corrected chi connectivity index (χ4v) is 3.51. The molecule has 0 aliphatic heterocycles. The first-order valence-corrected chi connectivity index (χ1v) is 9.24. The average molecular weight is 331 g/mol. The largest absolute Gasteiger partial charge is 0.370 e. The zero-order valence-corrected chi connectivity index (χ0v) is 13.7. The fraction of sp³-hybridized carbons (Fsp3) is 0.235. The molecule has 0 saturated carbocycles. The molecule has 0 aliphatic carbocycles. The van der Waals surface area contributed by atoms with Crippen LogP contribution in [0.3, 0.4) is 0 Å². The van der Waals surface area contributed by atoms with E-state index in [1.165, 1.54) is 0 Å². The Balaban J connectivity index is 1.76. The summed E-state index contributed by atoms with van der Waals surface area (Å²) in [4.78, 5) is 4.15. The first kappa shape index (κ1) is 17.0. The first-order valence-electron chi connectivity index (χ1n) is 7.41. The molecule has 0 bridgehead atoms. The molecule has 3 N–H and O–H groups in total. The summed E-state index contributed by atoms with van der Waals surface area (Å²) in [5.41, 5.74) is 7.43. The highest BCUT2D eigenvalue weighted by Crippen LogP contribution is 2.07. The third-order valence-corrected chi connectivity index (χ3v) is 4.86. The third-order valence-electron chi connectivity index (χ3n) is 3.17. The molecule has 0 radical (unpaired) electrons. The highest BCUT2D eigenvalue weighted by molar-refractivity contribution is 7.90. The van der Waals surface area contributed by atoms with Crippen molar-refractivity contribution in [2.24, 2.45) is 10.7 Å². The van der Waals surface area contributed by atoms with Crippen LogP contribution >= 0.6 is 0 Å². The van der Waals surface area contributed by atoms with Crippen molar-refractivity contribution in [1.82, 2.24) is 0 Å². The summed E-state index contributed by atoms with van der Waals surface area (Å²) in [5, 5.41) is 2.96. The molecule has 23 heavy (non-hydrogen) atoms. The summed E-state index contributed by atoms with van der Waals surface area (Å²) < 4.78 is 24.1. The molecule has 0 amide bonds. The Hall–Kier alpha value is -2.34. The van der Waals surface area contributed by atoms with Gasteiger partial charge >= 0.3 is 0 Å². The molecule has 0 heterocycles. The van der Waals surface area contributed by atoms with Gasteiger partial charge in [-0.25, -0.2) is 8.42 Å². The summed E-state index contributed by atoms with van der Waals surface area (Å²) in [7, 11) is -3.12. The molecule has 6 heteroatoms. The first-order chi connectivity index (χ1) is 11.1. The molecule has 122 valence electrons. The predicted octanol–water partition coefficient (Wildman–Crippen LogP) is 2.42. The second-order valence-electron chi connectivity index (χ2n) is 5.19. The van der Waals surface area contributed by atoms with Crippen LogP contribution in [0.1, 0.15) is 12.0 Å². The van der Waals surface area contributed by atoms with E-state index >= 15 is 0 Å². The maximum Gasteiger partial charge on any atom is 0.193 e. The van der Waals surface area contributed by atoms with Gasteiger partial charge in [0.05, 0.1) is 11.5 Å². The third kappa shape index (κ3) is 6.52. The number of nitrogens with one attached hydrogen (secondary N) is 1. The number of nitrogens with zero attached hydrogens (tertiary/aromatic N) is 1. The van der Waals surface area contributed by atoms with E-state index in [2.05, 4.69) is 10.3 Å². The Morgan fingerprint density at radius 3 is 2.26 bits per heavy atom. The van der Waals surface area contributed by atoms with E-state index in [4.69, 9.17) is 5.73 Å². The lowest BCUT2D eigenvalue weighted by molar-refractivity contribution is 0.593. The van der Waals surface area contributed by atoms with Crippen molar-refractivity contribution in [2.75, 3.05) is 17.6 Å². The summed E-state index contributed by atoms with van der Waals surface area (Å²) in [6, 6.07) is 18.6. The minimum Gasteiger partial charge on any atom is -0.370 e. The van der Waals surface area contributed by atoms with Crippen LogP contribution in [0.4, 0.5) is 5.69 Å². The van der Waals surface area contributed by atoms with Gasteiger partial charge in [0.15, 0.2) is 15.8 Å². The van der Waals surface area contributed by atoms with Crippen LogP contribution in [-0.4, -0.2) is 26.7 Å². The van der Waals surface area contributed by atoms with Gasteiger partial charge in [-0.05, 0) is 24.1 Å². The standard InChI is InChI=1S/C17H21N3O2S/c18-17(20-16-10-5-2-6-11-16)19-12-7-13-23(21,22)14-15-8-3-1-4-9-15/h1-6,8-11H,7,12-14H2,(H3,18,19,20). The van der Waals surface area contributed by atoms with Gasteiger partial charge in [0, 0.05) is 12.2 Å². The maximum atomic E-state index is 12.0. The molecular formula is C17H21N3O2S. The zero-order valence-electron chi connectivity index (χ0n) is 12.9. The SMILES string of the molecule is NC(=NCCCS(=O)(=O)Cc1ccccc1)Nc1ccccc1. The normalized spacial score (nSPS) is 12.1. The van der Waals surface area contributed by atoms with E-state index < -0.39 is 9.84 Å². The summed E-state index contributed by atoms with van der Waals surface area (Å²) in [6.07, 6.45) is 0.451. The van der Waals surface area contributed by atoms with Gasteiger partial charge in [-0.3, -0.25) is 4.99 Å². The molecule has 2 aromatic rings. The Morgan fingerprint density at radius 1 is 1.00 bits per heavy atom. The zero-order chi connectivity index (χ0) is 16.5. The van der Waals surface area contributed by atoms with E-state index in [0.29, 0.717) is 13.0 Å². The molecular weight excluding hydrogens is 310 g/mol. The topological polar surface area (TPSA) is 84.5 Å². The molecule has 0 aliphatic rings. The van der Waals surface area contributed by atoms with Gasteiger partial charge in [-0.1, -0.05) is 48.5 Å². The van der Waals surface area contributed by atoms with Gasteiger partial charge in [0.1, 0.15) is 0 Å². The Labute approximate surface area is 137 Å². The van der Waals surface area contributed by atoms with E-state index in [1.54, 1.807) is 0 Å². The van der Waals surface area contributed by atoms with Crippen molar-refractivity contribution in [3.63, 3.8) is 0 Å². The summed E-state index contributed by atoms with van der Waals surface area (Å²) in [5.74, 6) is 0.455. The van der Waals surface area contributed by atoms with Crippen LogP contribution in [-0.2, 0) is 15.6 Å². The van der Waals surface area contributed by atoms with E-state index in [1.807, 2.05) is 60.7 Å². The van der Waals surface area contributed by atoms with Crippen molar-refractivity contribution in [2.45, 2.75) is 12.2 Å². The van der Waals surface area contributed by atoms with Gasteiger partial charge in [0.25, 0.3) is 0 Å². The van der Waals surface area contributed by atoms with Crippen LogP contribution in [0.5, 0.6) is 0 Å². The van der Waals surface area contributed by atoms with E-state index in [9.17, 15) is 8.42 Å². The number of hydrogen-bond donors (Lipinski definition) is 2. The Kier molecular flexibility index (Phi) is 6.17. The maximum absolute atomic E-state index is 12.0. The second-order valence-corrected chi connectivity index (χ2v) is 7.37. The molecule has 0 spiro atoms. The molecule has 2 rings (SSSR count). The average Bonchev–Trinajstić information content (AvgIpc) is 2.53. The molecule has 5 nitrogen and oxygen atoms in total. The van der Waals surface area contributed by atoms with E-state index in [-0.39, 0.29) is 17.5 Å². The highest BCUT2D eigenvalue weighted by atomic mass is 32.2. The number of nitrogens with two attached hydrogens (primary N) is 1. The van der Waals surface area contributed by atoms with Crippen molar-refractivity contribution in [3.8, 4) is 0 Å². The predicted molar refractivity (Wildman–Crippen MR) is 95.1 cm³/mol. The number of benzene rings is 2. The van der Waals surface area contributed by atoms with Gasteiger partial charge in [0.2, 0.25) is 0 Å². The number of sulfone groups is 1. The van der Waals surface area contributed by atoms with Gasteiger partial charge < -0.3 is 11.1 Å². The van der Waals surface area contributed by atoms with Crippen LogP contribution in [0.25, 0.3) is 0 Å². The highest BCUT2D eigenvalue weighted by Gasteiger charge is 2.11. The van der Waals surface area contributed by atoms with Crippen molar-refractivity contribution >= 4 is 21.5 Å². The minimum absolute atomic E-state index is 0.0648. The molecule has 0 atom stereocenters. The lowest BCUT2D eigenvalue weighted by Crippen LogP contribution is -2.23. The van der Waals surface area contributed by atoms with E-state index in [0.717, 1.165) is 11.3 Å². The molecule has 2 aromatic carbocycles. The minimum atomic E-state index is -3.12. The van der Waals surface area contributed by atoms with Gasteiger partial charge in [-0.15, -0.1) is 0 Å². The van der Waals surface area contributed by atoms with Crippen LogP contribution < -0.4 is 11.1 Å². The molecule has 0 saturated heterocycles. The molecule has 0 fully saturated rings. The number of guanidine groups is 1. The summed E-state index contributed by atoms with van der Waals surface area (Å²) >= 11 is 0. The summed E-state index contributed by atoms with van der Waals surface area (Å²) in [6.45, 7) is 0.375. The quantitative estimate of drug-likeness (QED) is 0.463. The Bertz CT molecular complexity index is 729. The number of hydrogen-bond acceptors (Lipinski definition) is 3. The molecule has 0 aromatic heterocycles. The van der Waals surface area contributed by atoms with Crippen LogP contribution in [0, 0.1) is 0 Å². The van der Waals surface area contributed by atoms with Crippen molar-refractivity contribution in [1.29, 1.82) is 0 Å². The second kappa shape index (κ2) is 8.33. The van der Waals surface area contributed by atoms with Crippen LogP contribution in [0.2, 0.25) is 0 Å². The molecule has 0 unspecified atom stereocenters. The number of anilines is 1. The smallest absolute Gasteiger partial charge is 0.193 e. The van der Waals surface area contributed by atoms with Crippen LogP contribution in [0.15, 0.2) is 65.7 Å². The lowest BCUT2D eigenvalue weighted by Gasteiger charge is -2.06. The van der Waals surface area contributed by atoms with Crippen molar-refractivity contribution < 1.29 is 8.42 Å².